The SMILES string of the molecule is C[C@H](NC(=O)c1n[nH]c2c1CN(C)CC2)c1cn2ccsc2n1. The minimum atomic E-state index is -0.164. The van der Waals surface area contributed by atoms with Gasteiger partial charge in [0.05, 0.1) is 11.7 Å². The first kappa shape index (κ1) is 14.4. The summed E-state index contributed by atoms with van der Waals surface area (Å²) in [5.74, 6) is -0.151. The van der Waals surface area contributed by atoms with Crippen molar-refractivity contribution in [2.24, 2.45) is 0 Å². The Hall–Kier alpha value is -2.19. The van der Waals surface area contributed by atoms with E-state index in [4.69, 9.17) is 0 Å². The number of aromatic nitrogens is 4. The van der Waals surface area contributed by atoms with Crippen LogP contribution in [-0.4, -0.2) is 44.0 Å². The first-order valence-electron chi connectivity index (χ1n) is 7.59. The van der Waals surface area contributed by atoms with E-state index in [1.165, 1.54) is 0 Å². The number of aromatic amines is 1. The van der Waals surface area contributed by atoms with Gasteiger partial charge in [-0.15, -0.1) is 11.3 Å². The Labute approximate surface area is 137 Å². The molecule has 0 saturated heterocycles. The second-order valence-electron chi connectivity index (χ2n) is 5.97. The highest BCUT2D eigenvalue weighted by atomic mass is 32.1. The predicted octanol–water partition coefficient (Wildman–Crippen LogP) is 1.60. The summed E-state index contributed by atoms with van der Waals surface area (Å²) < 4.78 is 1.97. The molecular formula is C15H18N6OS. The summed E-state index contributed by atoms with van der Waals surface area (Å²) in [6, 6.07) is -0.164. The number of carbonyl (C=O) groups excluding carboxylic acids is 1. The Morgan fingerprint density at radius 1 is 1.52 bits per heavy atom. The van der Waals surface area contributed by atoms with Crippen LogP contribution >= 0.6 is 11.3 Å². The maximum Gasteiger partial charge on any atom is 0.272 e. The number of hydrogen-bond donors (Lipinski definition) is 2. The van der Waals surface area contributed by atoms with E-state index in [9.17, 15) is 4.79 Å². The molecule has 0 aromatic carbocycles. The molecule has 2 N–H and O–H groups in total. The highest BCUT2D eigenvalue weighted by Gasteiger charge is 2.25. The fourth-order valence-electron chi connectivity index (χ4n) is 2.91. The maximum absolute atomic E-state index is 12.6. The lowest BCUT2D eigenvalue weighted by atomic mass is 10.1. The van der Waals surface area contributed by atoms with E-state index in [0.717, 1.165) is 41.4 Å². The number of carbonyl (C=O) groups is 1. The third-order valence-corrected chi connectivity index (χ3v) is 5.01. The van der Waals surface area contributed by atoms with Gasteiger partial charge in [-0.25, -0.2) is 4.98 Å². The summed E-state index contributed by atoms with van der Waals surface area (Å²) in [5.41, 5.74) is 3.43. The van der Waals surface area contributed by atoms with Crippen LogP contribution in [0.1, 0.15) is 40.4 Å². The van der Waals surface area contributed by atoms with Crippen LogP contribution < -0.4 is 5.32 Å². The van der Waals surface area contributed by atoms with Gasteiger partial charge in [0, 0.05) is 48.5 Å². The third kappa shape index (κ3) is 2.53. The molecule has 0 aliphatic carbocycles. The van der Waals surface area contributed by atoms with Crippen molar-refractivity contribution in [2.45, 2.75) is 25.9 Å². The Morgan fingerprint density at radius 3 is 3.22 bits per heavy atom. The van der Waals surface area contributed by atoms with Crippen molar-refractivity contribution in [3.8, 4) is 0 Å². The number of amides is 1. The van der Waals surface area contributed by atoms with Crippen LogP contribution in [0, 0.1) is 0 Å². The van der Waals surface area contributed by atoms with Crippen LogP contribution in [-0.2, 0) is 13.0 Å². The molecule has 1 amide bonds. The average molecular weight is 330 g/mol. The zero-order chi connectivity index (χ0) is 16.0. The second-order valence-corrected chi connectivity index (χ2v) is 6.84. The third-order valence-electron chi connectivity index (χ3n) is 4.24. The molecule has 0 fully saturated rings. The number of nitrogens with zero attached hydrogens (tertiary/aromatic N) is 4. The van der Waals surface area contributed by atoms with Crippen molar-refractivity contribution in [3.05, 3.63) is 40.4 Å². The number of imidazole rings is 1. The van der Waals surface area contributed by atoms with E-state index in [1.54, 1.807) is 11.3 Å². The van der Waals surface area contributed by atoms with Crippen molar-refractivity contribution in [1.29, 1.82) is 0 Å². The molecule has 23 heavy (non-hydrogen) atoms. The Morgan fingerprint density at radius 2 is 2.39 bits per heavy atom. The summed E-state index contributed by atoms with van der Waals surface area (Å²) in [5, 5.41) is 12.2. The van der Waals surface area contributed by atoms with E-state index < -0.39 is 0 Å². The first-order chi connectivity index (χ1) is 11.1. The lowest BCUT2D eigenvalue weighted by molar-refractivity contribution is 0.0932. The molecule has 0 radical (unpaired) electrons. The Bertz CT molecular complexity index is 834. The summed E-state index contributed by atoms with van der Waals surface area (Å²) in [7, 11) is 2.05. The number of thiazole rings is 1. The number of hydrogen-bond acceptors (Lipinski definition) is 5. The molecule has 0 spiro atoms. The number of H-pyrrole nitrogens is 1. The molecule has 4 rings (SSSR count). The Balaban J connectivity index is 1.53. The van der Waals surface area contributed by atoms with E-state index in [0.29, 0.717) is 5.69 Å². The predicted molar refractivity (Wildman–Crippen MR) is 87.6 cm³/mol. The summed E-state index contributed by atoms with van der Waals surface area (Å²) in [6.07, 6.45) is 4.81. The van der Waals surface area contributed by atoms with Crippen molar-refractivity contribution >= 4 is 22.2 Å². The van der Waals surface area contributed by atoms with Crippen LogP contribution in [0.3, 0.4) is 0 Å². The number of nitrogens with one attached hydrogen (secondary N) is 2. The van der Waals surface area contributed by atoms with Crippen molar-refractivity contribution < 1.29 is 4.79 Å². The van der Waals surface area contributed by atoms with Crippen LogP contribution in [0.25, 0.3) is 4.96 Å². The maximum atomic E-state index is 12.6. The van der Waals surface area contributed by atoms with Gasteiger partial charge in [0.25, 0.3) is 5.91 Å². The van der Waals surface area contributed by atoms with Crippen LogP contribution in [0.2, 0.25) is 0 Å². The van der Waals surface area contributed by atoms with Crippen molar-refractivity contribution in [1.82, 2.24) is 29.8 Å². The molecule has 1 aliphatic heterocycles. The molecule has 1 atom stereocenters. The van der Waals surface area contributed by atoms with E-state index >= 15 is 0 Å². The smallest absolute Gasteiger partial charge is 0.272 e. The van der Waals surface area contributed by atoms with E-state index in [-0.39, 0.29) is 11.9 Å². The minimum absolute atomic E-state index is 0.151. The van der Waals surface area contributed by atoms with Crippen LogP contribution in [0.5, 0.6) is 0 Å². The van der Waals surface area contributed by atoms with Crippen molar-refractivity contribution in [2.75, 3.05) is 13.6 Å². The van der Waals surface area contributed by atoms with Gasteiger partial charge >= 0.3 is 0 Å². The molecular weight excluding hydrogens is 312 g/mol. The lowest BCUT2D eigenvalue weighted by Gasteiger charge is -2.22. The van der Waals surface area contributed by atoms with Gasteiger partial charge in [-0.05, 0) is 14.0 Å². The van der Waals surface area contributed by atoms with Crippen LogP contribution in [0.15, 0.2) is 17.8 Å². The van der Waals surface area contributed by atoms with E-state index in [2.05, 4.69) is 32.4 Å². The zero-order valence-corrected chi connectivity index (χ0v) is 13.9. The quantitative estimate of drug-likeness (QED) is 0.764. The average Bonchev–Trinajstić information content (AvgIpc) is 3.20. The summed E-state index contributed by atoms with van der Waals surface area (Å²) >= 11 is 1.58. The number of rotatable bonds is 3. The molecule has 4 heterocycles. The normalized spacial score (nSPS) is 16.4. The topological polar surface area (TPSA) is 78.3 Å². The van der Waals surface area contributed by atoms with Crippen molar-refractivity contribution in [3.63, 3.8) is 0 Å². The van der Waals surface area contributed by atoms with Gasteiger partial charge in [-0.2, -0.15) is 5.10 Å². The zero-order valence-electron chi connectivity index (χ0n) is 13.0. The standard InChI is InChI=1S/C15H18N6OS/c1-9(12-8-21-5-6-23-15(21)17-12)16-14(22)13-10-7-20(2)4-3-11(10)18-19-13/h5-6,8-9H,3-4,7H2,1-2H3,(H,16,22)(H,18,19)/t9-/m0/s1. The fraction of sp³-hybridized carbons (Fsp3) is 0.400. The second kappa shape index (κ2) is 5.47. The molecule has 8 heteroatoms. The first-order valence-corrected chi connectivity index (χ1v) is 8.47. The molecule has 0 saturated carbocycles. The highest BCUT2D eigenvalue weighted by Crippen LogP contribution is 2.21. The molecule has 7 nitrogen and oxygen atoms in total. The van der Waals surface area contributed by atoms with Gasteiger partial charge in [0.2, 0.25) is 0 Å². The van der Waals surface area contributed by atoms with Crippen LogP contribution in [0.4, 0.5) is 0 Å². The van der Waals surface area contributed by atoms with Gasteiger partial charge in [0.15, 0.2) is 10.7 Å². The van der Waals surface area contributed by atoms with Gasteiger partial charge in [-0.1, -0.05) is 0 Å². The molecule has 0 bridgehead atoms. The summed E-state index contributed by atoms with van der Waals surface area (Å²) in [6.45, 7) is 3.68. The highest BCUT2D eigenvalue weighted by molar-refractivity contribution is 7.15. The van der Waals surface area contributed by atoms with Gasteiger partial charge in [0.1, 0.15) is 0 Å². The number of likely N-dealkylation sites (N-methyl/N-ethyl adjacent to an activating group) is 1. The Kier molecular flexibility index (Phi) is 3.42. The summed E-state index contributed by atoms with van der Waals surface area (Å²) in [4.78, 5) is 20.2. The molecule has 1 aliphatic rings. The molecule has 3 aromatic rings. The molecule has 3 aromatic heterocycles. The fourth-order valence-corrected chi connectivity index (χ4v) is 3.62. The van der Waals surface area contributed by atoms with Gasteiger partial charge < -0.3 is 10.2 Å². The van der Waals surface area contributed by atoms with E-state index in [1.807, 2.05) is 29.1 Å². The molecule has 0 unspecified atom stereocenters. The lowest BCUT2D eigenvalue weighted by Crippen LogP contribution is -2.31. The largest absolute Gasteiger partial charge is 0.342 e. The monoisotopic (exact) mass is 330 g/mol. The number of fused-ring (bicyclic) bond motifs is 2. The minimum Gasteiger partial charge on any atom is -0.342 e. The molecule has 120 valence electrons. The van der Waals surface area contributed by atoms with Gasteiger partial charge in [-0.3, -0.25) is 14.3 Å².